The highest BCUT2D eigenvalue weighted by Gasteiger charge is 2.27. The Morgan fingerprint density at radius 1 is 1.24 bits per heavy atom. The lowest BCUT2D eigenvalue weighted by Gasteiger charge is -2.23. The summed E-state index contributed by atoms with van der Waals surface area (Å²) in [7, 11) is 0. The average molecular weight is 281 g/mol. The van der Waals surface area contributed by atoms with Gasteiger partial charge in [0.1, 0.15) is 17.5 Å². The molecule has 0 atom stereocenters. The molecule has 3 rings (SSSR count). The summed E-state index contributed by atoms with van der Waals surface area (Å²) in [6, 6.07) is 9.22. The zero-order valence-corrected chi connectivity index (χ0v) is 12.1. The van der Waals surface area contributed by atoms with E-state index in [-0.39, 0.29) is 0 Å². The highest BCUT2D eigenvalue weighted by molar-refractivity contribution is 6.08. The zero-order valence-electron chi connectivity index (χ0n) is 12.1. The van der Waals surface area contributed by atoms with Crippen LogP contribution in [0.5, 0.6) is 0 Å². The topological polar surface area (TPSA) is 85.0 Å². The van der Waals surface area contributed by atoms with Crippen LogP contribution in [0.1, 0.15) is 26.3 Å². The first-order valence-corrected chi connectivity index (χ1v) is 6.62. The summed E-state index contributed by atoms with van der Waals surface area (Å²) in [6.45, 7) is 5.83. The lowest BCUT2D eigenvalue weighted by Crippen LogP contribution is -2.23. The first-order valence-electron chi connectivity index (χ1n) is 6.62. The van der Waals surface area contributed by atoms with Gasteiger partial charge < -0.3 is 10.2 Å². The Morgan fingerprint density at radius 2 is 1.86 bits per heavy atom. The molecule has 0 saturated heterocycles. The van der Waals surface area contributed by atoms with E-state index in [9.17, 15) is 10.1 Å². The summed E-state index contributed by atoms with van der Waals surface area (Å²) in [4.78, 5) is 12.2. The van der Waals surface area contributed by atoms with Crippen LogP contribution in [-0.4, -0.2) is 4.57 Å². The minimum atomic E-state index is -0.425. The minimum Gasteiger partial charge on any atom is -0.405 e. The molecule has 0 spiro atoms. The zero-order chi connectivity index (χ0) is 15.4. The van der Waals surface area contributed by atoms with E-state index in [0.29, 0.717) is 33.3 Å². The van der Waals surface area contributed by atoms with Gasteiger partial charge in [0, 0.05) is 10.9 Å². The molecule has 3 aromatic rings. The molecule has 106 valence electrons. The second-order valence-electron chi connectivity index (χ2n) is 5.99. The number of rotatable bonds is 0. The van der Waals surface area contributed by atoms with Crippen molar-refractivity contribution in [2.45, 2.75) is 26.3 Å². The van der Waals surface area contributed by atoms with E-state index in [1.807, 2.05) is 32.9 Å². The lowest BCUT2D eigenvalue weighted by molar-refractivity contribution is 0.388. The first-order chi connectivity index (χ1) is 9.86. The van der Waals surface area contributed by atoms with Crippen LogP contribution in [0.3, 0.4) is 0 Å². The molecular formula is C16H15N3O2. The highest BCUT2D eigenvalue weighted by Crippen LogP contribution is 2.36. The van der Waals surface area contributed by atoms with Crippen molar-refractivity contribution >= 4 is 27.7 Å². The molecule has 2 aromatic heterocycles. The molecule has 5 nitrogen and oxygen atoms in total. The van der Waals surface area contributed by atoms with Crippen molar-refractivity contribution in [3.05, 3.63) is 40.2 Å². The van der Waals surface area contributed by atoms with Crippen LogP contribution in [-0.2, 0) is 5.54 Å². The van der Waals surface area contributed by atoms with Crippen LogP contribution >= 0.6 is 0 Å². The van der Waals surface area contributed by atoms with Crippen LogP contribution in [0.25, 0.3) is 21.9 Å². The van der Waals surface area contributed by atoms with E-state index in [4.69, 9.17) is 10.2 Å². The molecule has 5 heteroatoms. The van der Waals surface area contributed by atoms with Crippen molar-refractivity contribution in [3.8, 4) is 6.07 Å². The molecule has 0 aliphatic heterocycles. The molecule has 1 aromatic carbocycles. The molecular weight excluding hydrogens is 266 g/mol. The normalized spacial score (nSPS) is 11.9. The van der Waals surface area contributed by atoms with Crippen LogP contribution in [0.2, 0.25) is 0 Å². The summed E-state index contributed by atoms with van der Waals surface area (Å²) >= 11 is 0. The Bertz CT molecular complexity index is 965. The summed E-state index contributed by atoms with van der Waals surface area (Å²) in [6.07, 6.45) is 0. The molecule has 2 heterocycles. The van der Waals surface area contributed by atoms with Gasteiger partial charge in [-0.15, -0.1) is 0 Å². The van der Waals surface area contributed by atoms with Crippen LogP contribution < -0.4 is 11.4 Å². The first kappa shape index (κ1) is 13.3. The lowest BCUT2D eigenvalue weighted by atomic mass is 10.1. The molecule has 0 fully saturated rings. The molecule has 0 bridgehead atoms. The van der Waals surface area contributed by atoms with Crippen molar-refractivity contribution < 1.29 is 4.42 Å². The summed E-state index contributed by atoms with van der Waals surface area (Å²) in [5.41, 5.74) is 5.99. The quantitative estimate of drug-likeness (QED) is 0.686. The molecule has 21 heavy (non-hydrogen) atoms. The Balaban J connectivity index is 2.70. The van der Waals surface area contributed by atoms with E-state index < -0.39 is 11.2 Å². The summed E-state index contributed by atoms with van der Waals surface area (Å²) in [5, 5.41) is 11.2. The van der Waals surface area contributed by atoms with Crippen molar-refractivity contribution in [1.82, 2.24) is 4.57 Å². The van der Waals surface area contributed by atoms with Gasteiger partial charge in [0.2, 0.25) is 5.71 Å². The van der Waals surface area contributed by atoms with Crippen LogP contribution in [0.4, 0.5) is 5.82 Å². The number of fused-ring (bicyclic) bond motifs is 3. The van der Waals surface area contributed by atoms with Crippen molar-refractivity contribution in [2.75, 3.05) is 5.73 Å². The van der Waals surface area contributed by atoms with Gasteiger partial charge in [0.25, 0.3) is 0 Å². The van der Waals surface area contributed by atoms with Gasteiger partial charge in [0.15, 0.2) is 0 Å². The second kappa shape index (κ2) is 4.13. The molecule has 0 aliphatic rings. The van der Waals surface area contributed by atoms with Crippen molar-refractivity contribution in [3.63, 3.8) is 0 Å². The fraction of sp³-hybridized carbons (Fsp3) is 0.250. The van der Waals surface area contributed by atoms with E-state index in [2.05, 4.69) is 6.07 Å². The Labute approximate surface area is 121 Å². The third kappa shape index (κ3) is 1.73. The van der Waals surface area contributed by atoms with E-state index in [1.54, 1.807) is 16.7 Å². The monoisotopic (exact) mass is 281 g/mol. The fourth-order valence-electron chi connectivity index (χ4n) is 2.72. The third-order valence-electron chi connectivity index (χ3n) is 3.55. The summed E-state index contributed by atoms with van der Waals surface area (Å²) < 4.78 is 7.18. The number of hydrogen-bond donors (Lipinski definition) is 1. The Hall–Kier alpha value is -2.74. The number of anilines is 1. The number of nitriles is 1. The van der Waals surface area contributed by atoms with Crippen LogP contribution in [0, 0.1) is 11.3 Å². The van der Waals surface area contributed by atoms with Gasteiger partial charge in [-0.3, -0.25) is 4.57 Å². The van der Waals surface area contributed by atoms with Crippen LogP contribution in [0.15, 0.2) is 33.5 Å². The summed E-state index contributed by atoms with van der Waals surface area (Å²) in [5.74, 6) is 0.319. The maximum atomic E-state index is 12.2. The van der Waals surface area contributed by atoms with Gasteiger partial charge >= 0.3 is 5.63 Å². The number of benzene rings is 1. The smallest absolute Gasteiger partial charge is 0.345 e. The second-order valence-corrected chi connectivity index (χ2v) is 5.99. The van der Waals surface area contributed by atoms with Gasteiger partial charge in [-0.2, -0.15) is 5.26 Å². The molecule has 0 amide bonds. The maximum absolute atomic E-state index is 12.2. The minimum absolute atomic E-state index is 0.319. The largest absolute Gasteiger partial charge is 0.405 e. The number of nitrogens with zero attached hydrogens (tertiary/aromatic N) is 2. The predicted molar refractivity (Wildman–Crippen MR) is 82.1 cm³/mol. The van der Waals surface area contributed by atoms with E-state index in [1.165, 1.54) is 0 Å². The number of hydrogen-bond acceptors (Lipinski definition) is 4. The number of nitrogens with two attached hydrogens (primary N) is 1. The molecule has 0 unspecified atom stereocenters. The van der Waals surface area contributed by atoms with E-state index in [0.717, 1.165) is 0 Å². The molecule has 0 radical (unpaired) electrons. The van der Waals surface area contributed by atoms with E-state index >= 15 is 0 Å². The third-order valence-corrected chi connectivity index (χ3v) is 3.55. The Morgan fingerprint density at radius 3 is 2.43 bits per heavy atom. The van der Waals surface area contributed by atoms with Crippen molar-refractivity contribution in [1.29, 1.82) is 5.26 Å². The Kier molecular flexibility index (Phi) is 2.60. The predicted octanol–water partition coefficient (Wildman–Crippen LogP) is 2.96. The average Bonchev–Trinajstić information content (AvgIpc) is 2.70. The number of nitrogen functional groups attached to an aromatic ring is 1. The molecule has 0 saturated carbocycles. The molecule has 0 aliphatic carbocycles. The standard InChI is InChI=1S/C16H15N3O2/c1-16(2,3)19-13(18)11(8-17)12-9-6-4-5-7-10(9)15(20)21-14(12)19/h4-7H,18H2,1-3H3. The number of aromatic nitrogens is 1. The molecule has 2 N–H and O–H groups in total. The maximum Gasteiger partial charge on any atom is 0.345 e. The van der Waals surface area contributed by atoms with Gasteiger partial charge in [-0.25, -0.2) is 4.79 Å². The fourth-order valence-corrected chi connectivity index (χ4v) is 2.72. The SMILES string of the molecule is CC(C)(C)n1c(N)c(C#N)c2c3ccccc3c(=O)oc21. The van der Waals surface area contributed by atoms with Gasteiger partial charge in [0.05, 0.1) is 10.8 Å². The van der Waals surface area contributed by atoms with Gasteiger partial charge in [-0.05, 0) is 26.8 Å². The van der Waals surface area contributed by atoms with Gasteiger partial charge in [-0.1, -0.05) is 18.2 Å². The van der Waals surface area contributed by atoms with Crippen molar-refractivity contribution in [2.24, 2.45) is 0 Å². The highest BCUT2D eigenvalue weighted by atomic mass is 16.4.